The number of aromatic nitrogens is 2. The molecule has 2 aromatic rings. The molecule has 0 spiro atoms. The van der Waals surface area contributed by atoms with Crippen LogP contribution in [0, 0.1) is 5.82 Å². The predicted molar refractivity (Wildman–Crippen MR) is 106 cm³/mol. The molecule has 0 aliphatic rings. The van der Waals surface area contributed by atoms with Crippen LogP contribution in [0.25, 0.3) is 0 Å². The summed E-state index contributed by atoms with van der Waals surface area (Å²) >= 11 is 0. The lowest BCUT2D eigenvalue weighted by molar-refractivity contribution is 0.473. The van der Waals surface area contributed by atoms with E-state index in [9.17, 15) is 4.39 Å². The number of hydrogen-bond donors (Lipinski definition) is 1. The van der Waals surface area contributed by atoms with E-state index in [0.717, 1.165) is 37.6 Å². The summed E-state index contributed by atoms with van der Waals surface area (Å²) in [5, 5.41) is 7.45. The van der Waals surface area contributed by atoms with Crippen LogP contribution in [0.2, 0.25) is 0 Å². The Morgan fingerprint density at radius 3 is 2.88 bits per heavy atom. The van der Waals surface area contributed by atoms with Crippen molar-refractivity contribution in [2.75, 3.05) is 20.1 Å². The van der Waals surface area contributed by atoms with Gasteiger partial charge in [-0.05, 0) is 37.1 Å². The fourth-order valence-electron chi connectivity index (χ4n) is 2.30. The molecule has 0 saturated carbocycles. The van der Waals surface area contributed by atoms with Crippen molar-refractivity contribution >= 4 is 29.9 Å². The van der Waals surface area contributed by atoms with Gasteiger partial charge in [0.15, 0.2) is 5.96 Å². The number of hydrogen-bond acceptors (Lipinski definition) is 2. The molecule has 2 rings (SSSR count). The van der Waals surface area contributed by atoms with Gasteiger partial charge >= 0.3 is 0 Å². The molecule has 0 saturated heterocycles. The third-order valence-electron chi connectivity index (χ3n) is 3.37. The van der Waals surface area contributed by atoms with Crippen molar-refractivity contribution in [3.63, 3.8) is 0 Å². The van der Waals surface area contributed by atoms with E-state index in [4.69, 9.17) is 0 Å². The number of nitrogens with one attached hydrogen (secondary N) is 1. The minimum absolute atomic E-state index is 0. The lowest BCUT2D eigenvalue weighted by atomic mass is 10.2. The first-order valence-corrected chi connectivity index (χ1v) is 7.90. The lowest BCUT2D eigenvalue weighted by Gasteiger charge is -2.22. The summed E-state index contributed by atoms with van der Waals surface area (Å²) in [4.78, 5) is 6.63. The van der Waals surface area contributed by atoms with Crippen molar-refractivity contribution in [2.45, 2.75) is 26.4 Å². The molecule has 5 nitrogen and oxygen atoms in total. The minimum Gasteiger partial charge on any atom is -0.357 e. The molecule has 1 heterocycles. The fraction of sp³-hybridized carbons (Fsp3) is 0.412. The summed E-state index contributed by atoms with van der Waals surface area (Å²) in [6.07, 6.45) is 4.65. The maximum Gasteiger partial charge on any atom is 0.193 e. The second-order valence-electron chi connectivity index (χ2n) is 5.34. The standard InChI is InChI=1S/C17H24FN5.HI/c1-3-19-17(20-9-5-11-23-12-6-10-21-23)22(2)14-15-7-4-8-16(18)13-15;/h4,6-8,10,12-13H,3,5,9,11,14H2,1-2H3,(H,19,20);1H. The molecule has 0 atom stereocenters. The first-order chi connectivity index (χ1) is 11.2. The van der Waals surface area contributed by atoms with Gasteiger partial charge in [0.1, 0.15) is 5.82 Å². The van der Waals surface area contributed by atoms with Crippen molar-refractivity contribution in [3.05, 3.63) is 54.1 Å². The Balaban J connectivity index is 0.00000288. The van der Waals surface area contributed by atoms with E-state index < -0.39 is 0 Å². The average molecular weight is 445 g/mol. The van der Waals surface area contributed by atoms with Gasteiger partial charge in [-0.15, -0.1) is 24.0 Å². The highest BCUT2D eigenvalue weighted by atomic mass is 127. The van der Waals surface area contributed by atoms with Gasteiger partial charge in [0, 0.05) is 45.6 Å². The smallest absolute Gasteiger partial charge is 0.193 e. The summed E-state index contributed by atoms with van der Waals surface area (Å²) in [6.45, 7) is 5.02. The molecule has 0 aliphatic carbocycles. The first-order valence-electron chi connectivity index (χ1n) is 7.90. The lowest BCUT2D eigenvalue weighted by Crippen LogP contribution is -2.38. The van der Waals surface area contributed by atoms with Crippen LogP contribution in [0.1, 0.15) is 18.9 Å². The highest BCUT2D eigenvalue weighted by molar-refractivity contribution is 14.0. The molecular formula is C17H25FIN5. The molecule has 1 aromatic carbocycles. The van der Waals surface area contributed by atoms with E-state index in [0.29, 0.717) is 6.54 Å². The molecule has 0 amide bonds. The summed E-state index contributed by atoms with van der Waals surface area (Å²) in [5.74, 6) is 0.620. The van der Waals surface area contributed by atoms with Crippen LogP contribution in [-0.4, -0.2) is 40.8 Å². The van der Waals surface area contributed by atoms with Crippen molar-refractivity contribution < 1.29 is 4.39 Å². The minimum atomic E-state index is -0.211. The van der Waals surface area contributed by atoms with Gasteiger partial charge in [-0.2, -0.15) is 5.10 Å². The molecule has 1 N–H and O–H groups in total. The maximum absolute atomic E-state index is 13.3. The highest BCUT2D eigenvalue weighted by Crippen LogP contribution is 2.06. The number of guanidine groups is 1. The third kappa shape index (κ3) is 6.86. The summed E-state index contributed by atoms with van der Waals surface area (Å²) in [5.41, 5.74) is 0.926. The number of aryl methyl sites for hydroxylation is 1. The van der Waals surface area contributed by atoms with Gasteiger partial charge in [-0.3, -0.25) is 9.67 Å². The Morgan fingerprint density at radius 1 is 1.38 bits per heavy atom. The summed E-state index contributed by atoms with van der Waals surface area (Å²) < 4.78 is 15.2. The molecular weight excluding hydrogens is 420 g/mol. The van der Waals surface area contributed by atoms with E-state index in [-0.39, 0.29) is 29.8 Å². The quantitative estimate of drug-likeness (QED) is 0.308. The van der Waals surface area contributed by atoms with E-state index in [2.05, 4.69) is 15.4 Å². The Morgan fingerprint density at radius 2 is 2.21 bits per heavy atom. The van der Waals surface area contributed by atoms with Crippen LogP contribution in [0.4, 0.5) is 4.39 Å². The monoisotopic (exact) mass is 445 g/mol. The zero-order chi connectivity index (χ0) is 16.5. The molecule has 0 unspecified atom stereocenters. The van der Waals surface area contributed by atoms with E-state index >= 15 is 0 Å². The van der Waals surface area contributed by atoms with Gasteiger partial charge in [-0.1, -0.05) is 12.1 Å². The van der Waals surface area contributed by atoms with Gasteiger partial charge in [-0.25, -0.2) is 4.39 Å². The van der Waals surface area contributed by atoms with Gasteiger partial charge < -0.3 is 10.2 Å². The largest absolute Gasteiger partial charge is 0.357 e. The molecule has 7 heteroatoms. The number of halogens is 2. The average Bonchev–Trinajstić information content (AvgIpc) is 3.03. The Bertz CT molecular complexity index is 615. The first kappa shape index (κ1) is 20.4. The molecule has 0 fully saturated rings. The normalized spacial score (nSPS) is 11.0. The molecule has 0 bridgehead atoms. The van der Waals surface area contributed by atoms with Crippen molar-refractivity contribution in [2.24, 2.45) is 4.99 Å². The summed E-state index contributed by atoms with van der Waals surface area (Å²) in [7, 11) is 1.96. The second-order valence-corrected chi connectivity index (χ2v) is 5.34. The summed E-state index contributed by atoms with van der Waals surface area (Å²) in [6, 6.07) is 8.57. The van der Waals surface area contributed by atoms with Crippen LogP contribution < -0.4 is 5.32 Å². The maximum atomic E-state index is 13.3. The fourth-order valence-corrected chi connectivity index (χ4v) is 2.30. The Kier molecular flexibility index (Phi) is 9.36. The van der Waals surface area contributed by atoms with E-state index in [1.54, 1.807) is 18.3 Å². The third-order valence-corrected chi connectivity index (χ3v) is 3.37. The Hall–Kier alpha value is -1.64. The molecule has 1 aromatic heterocycles. The van der Waals surface area contributed by atoms with Crippen molar-refractivity contribution in [3.8, 4) is 0 Å². The zero-order valence-electron chi connectivity index (χ0n) is 14.2. The SMILES string of the molecule is CCNC(=NCCCn1cccn1)N(C)Cc1cccc(F)c1.I. The number of benzene rings is 1. The van der Waals surface area contributed by atoms with Crippen LogP contribution in [0.3, 0.4) is 0 Å². The molecule has 0 aliphatic heterocycles. The van der Waals surface area contributed by atoms with Gasteiger partial charge in [0.25, 0.3) is 0 Å². The number of aliphatic imine (C=N–C) groups is 1. The zero-order valence-corrected chi connectivity index (χ0v) is 16.5. The second kappa shape index (κ2) is 11.0. The molecule has 0 radical (unpaired) electrons. The highest BCUT2D eigenvalue weighted by Gasteiger charge is 2.06. The topological polar surface area (TPSA) is 45.5 Å². The molecule has 24 heavy (non-hydrogen) atoms. The van der Waals surface area contributed by atoms with Crippen molar-refractivity contribution in [1.82, 2.24) is 20.0 Å². The molecule has 132 valence electrons. The Labute approximate surface area is 160 Å². The van der Waals surface area contributed by atoms with Crippen molar-refractivity contribution in [1.29, 1.82) is 0 Å². The number of rotatable bonds is 7. The van der Waals surface area contributed by atoms with E-state index in [1.165, 1.54) is 6.07 Å². The van der Waals surface area contributed by atoms with Crippen LogP contribution >= 0.6 is 24.0 Å². The number of nitrogens with zero attached hydrogens (tertiary/aromatic N) is 4. The van der Waals surface area contributed by atoms with Gasteiger partial charge in [0.05, 0.1) is 0 Å². The van der Waals surface area contributed by atoms with Crippen LogP contribution in [0.5, 0.6) is 0 Å². The predicted octanol–water partition coefficient (Wildman–Crippen LogP) is 3.13. The van der Waals surface area contributed by atoms with Crippen LogP contribution in [0.15, 0.2) is 47.7 Å². The van der Waals surface area contributed by atoms with E-state index in [1.807, 2.05) is 41.9 Å². The van der Waals surface area contributed by atoms with Gasteiger partial charge in [0.2, 0.25) is 0 Å². The van der Waals surface area contributed by atoms with Crippen LogP contribution in [-0.2, 0) is 13.1 Å².